The van der Waals surface area contributed by atoms with Crippen LogP contribution in [0.3, 0.4) is 0 Å². The molecular formula is C15H20N2O2. The third-order valence-electron chi connectivity index (χ3n) is 2.48. The molecule has 0 saturated heterocycles. The summed E-state index contributed by atoms with van der Waals surface area (Å²) >= 11 is 0. The normalized spacial score (nSPS) is 10.4. The lowest BCUT2D eigenvalue weighted by molar-refractivity contribution is 0.329. The molecule has 0 spiro atoms. The molecule has 1 aromatic rings. The highest BCUT2D eigenvalue weighted by Gasteiger charge is 2.04. The highest BCUT2D eigenvalue weighted by Crippen LogP contribution is 2.28. The van der Waals surface area contributed by atoms with Gasteiger partial charge in [-0.15, -0.1) is 0 Å². The molecule has 0 aliphatic heterocycles. The first-order valence-corrected chi connectivity index (χ1v) is 6.36. The van der Waals surface area contributed by atoms with Crippen LogP contribution in [-0.2, 0) is 0 Å². The molecule has 4 nitrogen and oxygen atoms in total. The van der Waals surface area contributed by atoms with Crippen molar-refractivity contribution in [3.8, 4) is 17.6 Å². The summed E-state index contributed by atoms with van der Waals surface area (Å²) in [6, 6.07) is 7.58. The van der Waals surface area contributed by atoms with Crippen molar-refractivity contribution in [3.05, 3.63) is 29.8 Å². The highest BCUT2D eigenvalue weighted by atomic mass is 16.5. The van der Waals surface area contributed by atoms with Gasteiger partial charge in [0.15, 0.2) is 18.1 Å². The maximum absolute atomic E-state index is 8.50. The Kier molecular flexibility index (Phi) is 7.14. The Balaban J connectivity index is 2.63. The quantitative estimate of drug-likeness (QED) is 0.730. The van der Waals surface area contributed by atoms with E-state index in [1.54, 1.807) is 7.11 Å². The second kappa shape index (κ2) is 9.01. The number of methoxy groups -OCH3 is 1. The molecule has 0 aromatic heterocycles. The topological polar surface area (TPSA) is 54.3 Å². The average Bonchev–Trinajstić information content (AvgIpc) is 2.45. The Bertz CT molecular complexity index is 450. The summed E-state index contributed by atoms with van der Waals surface area (Å²) in [4.78, 5) is 0. The summed E-state index contributed by atoms with van der Waals surface area (Å²) in [5.41, 5.74) is 1.04. The van der Waals surface area contributed by atoms with Crippen LogP contribution in [0.5, 0.6) is 11.5 Å². The first kappa shape index (κ1) is 15.1. The fourth-order valence-electron chi connectivity index (χ4n) is 1.57. The number of nitrogens with one attached hydrogen (secondary N) is 1. The van der Waals surface area contributed by atoms with Crippen LogP contribution in [0.15, 0.2) is 24.3 Å². The molecule has 0 heterocycles. The van der Waals surface area contributed by atoms with Crippen molar-refractivity contribution in [3.63, 3.8) is 0 Å². The van der Waals surface area contributed by atoms with Crippen molar-refractivity contribution < 1.29 is 9.47 Å². The molecule has 19 heavy (non-hydrogen) atoms. The standard InChI is InChI=1S/C15H20N2O2/c1-3-9-17-10-4-5-13-6-7-14(19-11-8-16)15(12-13)18-2/h4-7,12,17H,3,9-11H2,1-2H3. The molecule has 102 valence electrons. The van der Waals surface area contributed by atoms with E-state index < -0.39 is 0 Å². The smallest absolute Gasteiger partial charge is 0.174 e. The van der Waals surface area contributed by atoms with Gasteiger partial charge in [0.05, 0.1) is 7.11 Å². The van der Waals surface area contributed by atoms with Crippen LogP contribution in [0.25, 0.3) is 6.08 Å². The van der Waals surface area contributed by atoms with Gasteiger partial charge in [-0.05, 0) is 30.7 Å². The van der Waals surface area contributed by atoms with E-state index in [0.29, 0.717) is 11.5 Å². The number of hydrogen-bond donors (Lipinski definition) is 1. The van der Waals surface area contributed by atoms with E-state index in [-0.39, 0.29) is 6.61 Å². The Hall–Kier alpha value is -1.99. The van der Waals surface area contributed by atoms with Crippen LogP contribution < -0.4 is 14.8 Å². The Labute approximate surface area is 114 Å². The number of rotatable bonds is 8. The number of benzene rings is 1. The molecule has 1 aromatic carbocycles. The molecule has 4 heteroatoms. The van der Waals surface area contributed by atoms with Gasteiger partial charge >= 0.3 is 0 Å². The molecular weight excluding hydrogens is 240 g/mol. The van der Waals surface area contributed by atoms with Crippen LogP contribution >= 0.6 is 0 Å². The molecule has 0 amide bonds. The lowest BCUT2D eigenvalue weighted by Crippen LogP contribution is -2.13. The van der Waals surface area contributed by atoms with E-state index in [9.17, 15) is 0 Å². The Morgan fingerprint density at radius 1 is 1.37 bits per heavy atom. The van der Waals surface area contributed by atoms with E-state index in [4.69, 9.17) is 14.7 Å². The third-order valence-corrected chi connectivity index (χ3v) is 2.48. The van der Waals surface area contributed by atoms with Crippen LogP contribution in [0.2, 0.25) is 0 Å². The van der Waals surface area contributed by atoms with Crippen molar-refractivity contribution in [1.82, 2.24) is 5.32 Å². The lowest BCUT2D eigenvalue weighted by Gasteiger charge is -2.08. The predicted molar refractivity (Wildman–Crippen MR) is 76.3 cm³/mol. The van der Waals surface area contributed by atoms with Crippen LogP contribution in [0.1, 0.15) is 18.9 Å². The van der Waals surface area contributed by atoms with Gasteiger partial charge in [-0.1, -0.05) is 25.1 Å². The second-order valence-corrected chi connectivity index (χ2v) is 3.96. The SMILES string of the molecule is CCCNCC=Cc1ccc(OCC#N)c(OC)c1. The zero-order valence-electron chi connectivity index (χ0n) is 11.5. The highest BCUT2D eigenvalue weighted by molar-refractivity contribution is 5.56. The third kappa shape index (κ3) is 5.45. The van der Waals surface area contributed by atoms with E-state index >= 15 is 0 Å². The molecule has 1 rings (SSSR count). The van der Waals surface area contributed by atoms with Gasteiger partial charge in [0.1, 0.15) is 6.07 Å². The van der Waals surface area contributed by atoms with Gasteiger partial charge in [0.2, 0.25) is 0 Å². The number of ether oxygens (including phenoxy) is 2. The first-order valence-electron chi connectivity index (χ1n) is 6.36. The minimum absolute atomic E-state index is 0.0203. The molecule has 0 aliphatic rings. The van der Waals surface area contributed by atoms with Gasteiger partial charge in [-0.2, -0.15) is 5.26 Å². The summed E-state index contributed by atoms with van der Waals surface area (Å²) in [6.07, 6.45) is 5.23. The van der Waals surface area contributed by atoms with E-state index in [0.717, 1.165) is 25.1 Å². The van der Waals surface area contributed by atoms with Crippen molar-refractivity contribution in [2.24, 2.45) is 0 Å². The summed E-state index contributed by atoms with van der Waals surface area (Å²) in [7, 11) is 1.59. The molecule has 0 aliphatic carbocycles. The lowest BCUT2D eigenvalue weighted by atomic mass is 10.2. The number of hydrogen-bond acceptors (Lipinski definition) is 4. The zero-order valence-corrected chi connectivity index (χ0v) is 11.5. The monoisotopic (exact) mass is 260 g/mol. The van der Waals surface area contributed by atoms with E-state index in [2.05, 4.69) is 18.3 Å². The average molecular weight is 260 g/mol. The zero-order chi connectivity index (χ0) is 13.9. The van der Waals surface area contributed by atoms with Gasteiger partial charge in [-0.25, -0.2) is 0 Å². The second-order valence-electron chi connectivity index (χ2n) is 3.96. The first-order chi connectivity index (χ1) is 9.31. The summed E-state index contributed by atoms with van der Waals surface area (Å²) in [5.74, 6) is 1.23. The molecule has 0 saturated carbocycles. The van der Waals surface area contributed by atoms with Gasteiger partial charge in [-0.3, -0.25) is 0 Å². The maximum Gasteiger partial charge on any atom is 0.174 e. The van der Waals surface area contributed by atoms with Crippen LogP contribution in [0.4, 0.5) is 0 Å². The molecule has 0 radical (unpaired) electrons. The number of nitrogens with zero attached hydrogens (tertiary/aromatic N) is 1. The summed E-state index contributed by atoms with van der Waals surface area (Å²) < 4.78 is 10.5. The van der Waals surface area contributed by atoms with E-state index in [1.165, 1.54) is 0 Å². The van der Waals surface area contributed by atoms with Gasteiger partial charge in [0, 0.05) is 6.54 Å². The van der Waals surface area contributed by atoms with Crippen molar-refractivity contribution in [1.29, 1.82) is 5.26 Å². The van der Waals surface area contributed by atoms with Crippen LogP contribution in [0, 0.1) is 11.3 Å². The molecule has 0 unspecified atom stereocenters. The fourth-order valence-corrected chi connectivity index (χ4v) is 1.57. The molecule has 0 bridgehead atoms. The van der Waals surface area contributed by atoms with Crippen molar-refractivity contribution >= 4 is 6.08 Å². The van der Waals surface area contributed by atoms with Crippen molar-refractivity contribution in [2.45, 2.75) is 13.3 Å². The number of nitriles is 1. The minimum atomic E-state index is 0.0203. The predicted octanol–water partition coefficient (Wildman–Crippen LogP) is 2.61. The van der Waals surface area contributed by atoms with Gasteiger partial charge in [0.25, 0.3) is 0 Å². The van der Waals surface area contributed by atoms with Crippen LogP contribution in [-0.4, -0.2) is 26.8 Å². The molecule has 0 atom stereocenters. The van der Waals surface area contributed by atoms with E-state index in [1.807, 2.05) is 30.3 Å². The Morgan fingerprint density at radius 2 is 2.21 bits per heavy atom. The largest absolute Gasteiger partial charge is 0.493 e. The maximum atomic E-state index is 8.50. The molecule has 0 fully saturated rings. The summed E-state index contributed by atoms with van der Waals surface area (Å²) in [5, 5.41) is 11.8. The summed E-state index contributed by atoms with van der Waals surface area (Å²) in [6.45, 7) is 4.03. The van der Waals surface area contributed by atoms with Crippen molar-refractivity contribution in [2.75, 3.05) is 26.8 Å². The Morgan fingerprint density at radius 3 is 2.89 bits per heavy atom. The van der Waals surface area contributed by atoms with Gasteiger partial charge < -0.3 is 14.8 Å². The fraction of sp³-hybridized carbons (Fsp3) is 0.400. The minimum Gasteiger partial charge on any atom is -0.493 e. The molecule has 1 N–H and O–H groups in total.